The summed E-state index contributed by atoms with van der Waals surface area (Å²) >= 11 is 2.28. The van der Waals surface area contributed by atoms with Gasteiger partial charge in [0, 0.05) is 21.2 Å². The Balaban J connectivity index is 1.47. The summed E-state index contributed by atoms with van der Waals surface area (Å²) in [6.07, 6.45) is 18.6. The molecule has 0 radical (unpaired) electrons. The Kier molecular flexibility index (Phi) is 7.63. The van der Waals surface area contributed by atoms with Gasteiger partial charge in [-0.2, -0.15) is 0 Å². The summed E-state index contributed by atoms with van der Waals surface area (Å²) in [5, 5.41) is 0. The first kappa shape index (κ1) is 23.9. The summed E-state index contributed by atoms with van der Waals surface area (Å²) in [7, 11) is 1.53. The van der Waals surface area contributed by atoms with Crippen LogP contribution in [0.3, 0.4) is 0 Å². The predicted molar refractivity (Wildman–Crippen MR) is 140 cm³/mol. The molecule has 0 saturated heterocycles. The molecule has 0 aliphatic heterocycles. The molecule has 3 fully saturated rings. The molecular weight excluding hydrogens is 499 g/mol. The van der Waals surface area contributed by atoms with Crippen LogP contribution in [0.2, 0.25) is 0 Å². The lowest BCUT2D eigenvalue weighted by Gasteiger charge is -2.58. The zero-order valence-electron chi connectivity index (χ0n) is 20.1. The second kappa shape index (κ2) is 9.57. The lowest BCUT2D eigenvalue weighted by Crippen LogP contribution is -2.50. The van der Waals surface area contributed by atoms with E-state index >= 15 is 0 Å². The Bertz CT molecular complexity index is 632. The Morgan fingerprint density at radius 2 is 1.87 bits per heavy atom. The molecule has 0 amide bonds. The Labute approximate surface area is 203 Å². The zero-order chi connectivity index (χ0) is 21.5. The molecule has 0 bridgehead atoms. The topological polar surface area (TPSA) is 9.23 Å². The van der Waals surface area contributed by atoms with Crippen LogP contribution >= 0.6 is 30.4 Å². The lowest BCUT2D eigenvalue weighted by molar-refractivity contribution is -0.0551. The minimum atomic E-state index is 0.444. The largest absolute Gasteiger partial charge is 0.302 e. The minimum absolute atomic E-state index is 0.444. The fourth-order valence-electron chi connectivity index (χ4n) is 8.79. The van der Waals surface area contributed by atoms with Crippen LogP contribution < -0.4 is 0 Å². The first-order valence-electron chi connectivity index (χ1n) is 12.9. The van der Waals surface area contributed by atoms with Gasteiger partial charge >= 0.3 is 0 Å². The van der Waals surface area contributed by atoms with Crippen molar-refractivity contribution in [2.45, 2.75) is 111 Å². The first-order chi connectivity index (χ1) is 14.3. The molecule has 3 saturated carbocycles. The molecule has 0 spiro atoms. The van der Waals surface area contributed by atoms with E-state index in [2.05, 4.69) is 61.9 Å². The predicted octanol–water partition coefficient (Wildman–Crippen LogP) is 9.41. The molecule has 0 aromatic heterocycles. The Morgan fingerprint density at radius 3 is 2.60 bits per heavy atom. The fourth-order valence-corrected chi connectivity index (χ4v) is 9.93. The van der Waals surface area contributed by atoms with Crippen LogP contribution in [0.4, 0.5) is 0 Å². The Morgan fingerprint density at radius 1 is 1.07 bits per heavy atom. The number of halogens is 1. The van der Waals surface area contributed by atoms with Gasteiger partial charge in [-0.15, -0.1) is 0 Å². The third-order valence-corrected chi connectivity index (χ3v) is 11.4. The van der Waals surface area contributed by atoms with Crippen molar-refractivity contribution in [3.63, 3.8) is 0 Å². The zero-order valence-corrected chi connectivity index (χ0v) is 23.1. The second-order valence-electron chi connectivity index (χ2n) is 12.3. The van der Waals surface area contributed by atoms with Gasteiger partial charge in [-0.05, 0) is 97.7 Å². The first-order valence-corrected chi connectivity index (χ1v) is 16.2. The third-order valence-electron chi connectivity index (χ3n) is 10.4. The van der Waals surface area contributed by atoms with E-state index in [4.69, 9.17) is 4.18 Å². The van der Waals surface area contributed by atoms with E-state index < -0.39 is 0 Å². The SMILES string of the molecule is CC(C)CCC[C@@H](C)C1CC[C@H]2[C@@H]3CC=C4C[C@@H](OSI)CC[C@]4(C)[C@H]3CC[C@]12C. The molecule has 30 heavy (non-hydrogen) atoms. The van der Waals surface area contributed by atoms with Crippen molar-refractivity contribution in [1.29, 1.82) is 0 Å². The molecule has 4 aliphatic carbocycles. The maximum absolute atomic E-state index is 5.95. The smallest absolute Gasteiger partial charge is 0.0769 e. The molecule has 4 aliphatic rings. The van der Waals surface area contributed by atoms with Crippen LogP contribution in [0.1, 0.15) is 105 Å². The molecule has 172 valence electrons. The van der Waals surface area contributed by atoms with Gasteiger partial charge < -0.3 is 4.18 Å². The highest BCUT2D eigenvalue weighted by atomic mass is 127. The number of rotatable bonds is 7. The van der Waals surface area contributed by atoms with Crippen LogP contribution in [-0.2, 0) is 4.18 Å². The van der Waals surface area contributed by atoms with Gasteiger partial charge in [0.15, 0.2) is 0 Å². The molecule has 3 heteroatoms. The van der Waals surface area contributed by atoms with Crippen LogP contribution in [0.5, 0.6) is 0 Å². The number of hydrogen-bond donors (Lipinski definition) is 0. The highest BCUT2D eigenvalue weighted by Gasteiger charge is 2.59. The number of hydrogen-bond acceptors (Lipinski definition) is 2. The van der Waals surface area contributed by atoms with Crippen LogP contribution in [0.25, 0.3) is 0 Å². The maximum atomic E-state index is 5.95. The minimum Gasteiger partial charge on any atom is -0.302 e. The molecular formula is C27H45IOS. The fraction of sp³-hybridized carbons (Fsp3) is 0.926. The van der Waals surface area contributed by atoms with Gasteiger partial charge in [-0.3, -0.25) is 0 Å². The van der Waals surface area contributed by atoms with Crippen molar-refractivity contribution in [3.8, 4) is 0 Å². The van der Waals surface area contributed by atoms with Crippen molar-refractivity contribution < 1.29 is 4.18 Å². The molecule has 4 rings (SSSR count). The quantitative estimate of drug-likeness (QED) is 0.179. The number of fused-ring (bicyclic) bond motifs is 5. The second-order valence-corrected chi connectivity index (χ2v) is 13.7. The highest BCUT2D eigenvalue weighted by molar-refractivity contribution is 14.2. The monoisotopic (exact) mass is 544 g/mol. The average molecular weight is 545 g/mol. The van der Waals surface area contributed by atoms with E-state index in [1.54, 1.807) is 5.57 Å². The van der Waals surface area contributed by atoms with Gasteiger partial charge in [0.25, 0.3) is 0 Å². The lowest BCUT2D eigenvalue weighted by atomic mass is 9.47. The van der Waals surface area contributed by atoms with Crippen LogP contribution in [-0.4, -0.2) is 6.10 Å². The van der Waals surface area contributed by atoms with Gasteiger partial charge in [0.1, 0.15) is 0 Å². The van der Waals surface area contributed by atoms with E-state index in [-0.39, 0.29) is 0 Å². The van der Waals surface area contributed by atoms with Crippen molar-refractivity contribution in [2.24, 2.45) is 46.3 Å². The molecule has 0 aromatic carbocycles. The van der Waals surface area contributed by atoms with Crippen LogP contribution in [0.15, 0.2) is 11.6 Å². The summed E-state index contributed by atoms with van der Waals surface area (Å²) < 4.78 is 5.95. The van der Waals surface area contributed by atoms with Crippen molar-refractivity contribution in [2.75, 3.05) is 0 Å². The summed E-state index contributed by atoms with van der Waals surface area (Å²) in [5.74, 6) is 5.60. The molecule has 1 unspecified atom stereocenters. The summed E-state index contributed by atoms with van der Waals surface area (Å²) in [4.78, 5) is 0. The van der Waals surface area contributed by atoms with Crippen LogP contribution in [0, 0.1) is 46.3 Å². The van der Waals surface area contributed by atoms with E-state index in [9.17, 15) is 0 Å². The van der Waals surface area contributed by atoms with E-state index in [1.165, 1.54) is 79.8 Å². The maximum Gasteiger partial charge on any atom is 0.0769 e. The summed E-state index contributed by atoms with van der Waals surface area (Å²) in [5.41, 5.74) is 2.82. The molecule has 0 heterocycles. The van der Waals surface area contributed by atoms with Gasteiger partial charge in [-0.1, -0.05) is 65.5 Å². The van der Waals surface area contributed by atoms with Crippen molar-refractivity contribution in [3.05, 3.63) is 11.6 Å². The van der Waals surface area contributed by atoms with Gasteiger partial charge in [0.2, 0.25) is 0 Å². The Hall–Kier alpha value is 0.780. The highest BCUT2D eigenvalue weighted by Crippen LogP contribution is 2.67. The van der Waals surface area contributed by atoms with Crippen molar-refractivity contribution >= 4 is 30.4 Å². The molecule has 0 N–H and O–H groups in total. The normalized spacial score (nSPS) is 44.2. The van der Waals surface area contributed by atoms with Crippen molar-refractivity contribution in [1.82, 2.24) is 0 Å². The van der Waals surface area contributed by atoms with E-state index in [0.717, 1.165) is 35.5 Å². The van der Waals surface area contributed by atoms with E-state index in [0.29, 0.717) is 16.9 Å². The molecule has 0 aromatic rings. The number of allylic oxidation sites excluding steroid dienone is 1. The van der Waals surface area contributed by atoms with Gasteiger partial charge in [0.05, 0.1) is 15.3 Å². The molecule has 1 nitrogen and oxygen atoms in total. The average Bonchev–Trinajstić information content (AvgIpc) is 3.05. The summed E-state index contributed by atoms with van der Waals surface area (Å²) in [6, 6.07) is 0. The third kappa shape index (κ3) is 4.31. The standard InChI is InChI=1S/C27H45IOS/c1-18(2)7-6-8-19(3)23-11-12-24-22-10-9-20-17-21(29-30-28)13-15-26(20,4)25(22)14-16-27(23,24)5/h9,18-19,21-25H,6-8,10-17H2,1-5H3/t19-,21+,22+,23?,24+,25+,26+,27-/m1/s1. The van der Waals surface area contributed by atoms with Gasteiger partial charge in [-0.25, -0.2) is 0 Å². The van der Waals surface area contributed by atoms with E-state index in [1.807, 2.05) is 0 Å². The summed E-state index contributed by atoms with van der Waals surface area (Å²) in [6.45, 7) is 12.7. The molecule has 8 atom stereocenters.